The molecule has 0 aliphatic heterocycles. The average molecular weight is 379 g/mol. The standard InChI is InChI=1S/C18H22N4O3.ClH/c1-19-10-11-21(2)18(23)15-8-9-16(17(12-15)22(24)25)20-13-14-6-4-3-5-7-14;/h3-9,12,19-20H,10-11,13H2,1-2H3;1H. The number of rotatable bonds is 8. The van der Waals surface area contributed by atoms with Gasteiger partial charge in [0, 0.05) is 38.3 Å². The quantitative estimate of drug-likeness (QED) is 0.544. The van der Waals surface area contributed by atoms with Crippen molar-refractivity contribution < 1.29 is 9.72 Å². The van der Waals surface area contributed by atoms with E-state index < -0.39 is 4.92 Å². The number of hydrogen-bond acceptors (Lipinski definition) is 5. The number of likely N-dealkylation sites (N-methyl/N-ethyl adjacent to an activating group) is 2. The zero-order valence-electron chi connectivity index (χ0n) is 14.8. The summed E-state index contributed by atoms with van der Waals surface area (Å²) in [5.74, 6) is -0.243. The normalized spacial score (nSPS) is 9.92. The van der Waals surface area contributed by atoms with Crippen molar-refractivity contribution in [2.45, 2.75) is 6.54 Å². The Morgan fingerprint density at radius 2 is 1.88 bits per heavy atom. The van der Waals surface area contributed by atoms with E-state index in [9.17, 15) is 14.9 Å². The van der Waals surface area contributed by atoms with Crippen LogP contribution in [-0.4, -0.2) is 42.9 Å². The molecule has 0 aliphatic carbocycles. The number of amides is 1. The second kappa shape index (κ2) is 10.4. The summed E-state index contributed by atoms with van der Waals surface area (Å²) in [6.45, 7) is 1.65. The minimum Gasteiger partial charge on any atom is -0.375 e. The SMILES string of the molecule is CNCCN(C)C(=O)c1ccc(NCc2ccccc2)c([N+](=O)[O-])c1.Cl. The third-order valence-electron chi connectivity index (χ3n) is 3.81. The minimum atomic E-state index is -0.474. The molecule has 7 nitrogen and oxygen atoms in total. The number of nitro benzene ring substituents is 1. The predicted molar refractivity (Wildman–Crippen MR) is 105 cm³/mol. The van der Waals surface area contributed by atoms with Gasteiger partial charge in [-0.1, -0.05) is 30.3 Å². The van der Waals surface area contributed by atoms with Gasteiger partial charge in [-0.25, -0.2) is 0 Å². The van der Waals surface area contributed by atoms with E-state index in [0.717, 1.165) is 5.56 Å². The van der Waals surface area contributed by atoms with Crippen LogP contribution < -0.4 is 10.6 Å². The van der Waals surface area contributed by atoms with E-state index in [0.29, 0.717) is 30.9 Å². The molecule has 0 spiro atoms. The molecule has 2 aromatic rings. The zero-order chi connectivity index (χ0) is 18.2. The lowest BCUT2D eigenvalue weighted by molar-refractivity contribution is -0.384. The molecular weight excluding hydrogens is 356 g/mol. The Morgan fingerprint density at radius 3 is 2.50 bits per heavy atom. The van der Waals surface area contributed by atoms with Crippen LogP contribution >= 0.6 is 12.4 Å². The summed E-state index contributed by atoms with van der Waals surface area (Å²) < 4.78 is 0. The number of nitrogens with one attached hydrogen (secondary N) is 2. The maximum absolute atomic E-state index is 12.4. The molecule has 0 saturated heterocycles. The second-order valence-corrected chi connectivity index (χ2v) is 5.66. The van der Waals surface area contributed by atoms with Crippen molar-refractivity contribution in [3.63, 3.8) is 0 Å². The molecule has 0 fully saturated rings. The van der Waals surface area contributed by atoms with Crippen molar-refractivity contribution >= 4 is 29.7 Å². The van der Waals surface area contributed by atoms with E-state index in [1.165, 1.54) is 11.0 Å². The van der Waals surface area contributed by atoms with Gasteiger partial charge in [0.2, 0.25) is 0 Å². The Labute approximate surface area is 159 Å². The smallest absolute Gasteiger partial charge is 0.293 e. The zero-order valence-corrected chi connectivity index (χ0v) is 15.6. The molecule has 2 rings (SSSR count). The molecule has 0 radical (unpaired) electrons. The van der Waals surface area contributed by atoms with Crippen LogP contribution in [0.25, 0.3) is 0 Å². The van der Waals surface area contributed by atoms with Gasteiger partial charge in [-0.05, 0) is 24.7 Å². The highest BCUT2D eigenvalue weighted by Gasteiger charge is 2.19. The number of benzene rings is 2. The fraction of sp³-hybridized carbons (Fsp3) is 0.278. The van der Waals surface area contributed by atoms with Crippen LogP contribution in [0, 0.1) is 10.1 Å². The summed E-state index contributed by atoms with van der Waals surface area (Å²) in [4.78, 5) is 24.8. The largest absolute Gasteiger partial charge is 0.375 e. The molecule has 0 unspecified atom stereocenters. The van der Waals surface area contributed by atoms with Crippen molar-refractivity contribution in [1.29, 1.82) is 0 Å². The predicted octanol–water partition coefficient (Wildman–Crippen LogP) is 2.92. The van der Waals surface area contributed by atoms with E-state index in [4.69, 9.17) is 0 Å². The Morgan fingerprint density at radius 1 is 1.19 bits per heavy atom. The first-order valence-corrected chi connectivity index (χ1v) is 7.99. The number of carbonyl (C=O) groups is 1. The van der Waals surface area contributed by atoms with E-state index in [2.05, 4.69) is 10.6 Å². The first kappa shape index (κ1) is 21.4. The average Bonchev–Trinajstić information content (AvgIpc) is 2.64. The fourth-order valence-electron chi connectivity index (χ4n) is 2.36. The number of halogens is 1. The van der Waals surface area contributed by atoms with Crippen molar-refractivity contribution in [3.8, 4) is 0 Å². The highest BCUT2D eigenvalue weighted by molar-refractivity contribution is 5.95. The van der Waals surface area contributed by atoms with Gasteiger partial charge in [0.05, 0.1) is 4.92 Å². The van der Waals surface area contributed by atoms with E-state index in [-0.39, 0.29) is 24.0 Å². The Bertz CT molecular complexity index is 740. The fourth-order valence-corrected chi connectivity index (χ4v) is 2.36. The molecule has 26 heavy (non-hydrogen) atoms. The summed E-state index contributed by atoms with van der Waals surface area (Å²) in [7, 11) is 3.48. The molecule has 2 N–H and O–H groups in total. The molecule has 0 aliphatic rings. The molecule has 0 heterocycles. The number of nitro groups is 1. The van der Waals surface area contributed by atoms with Gasteiger partial charge in [-0.15, -0.1) is 12.4 Å². The van der Waals surface area contributed by atoms with Crippen LogP contribution in [0.4, 0.5) is 11.4 Å². The lowest BCUT2D eigenvalue weighted by Gasteiger charge is -2.17. The molecule has 1 amide bonds. The monoisotopic (exact) mass is 378 g/mol. The summed E-state index contributed by atoms with van der Waals surface area (Å²) in [6, 6.07) is 14.1. The van der Waals surface area contributed by atoms with Crippen LogP contribution in [0.2, 0.25) is 0 Å². The van der Waals surface area contributed by atoms with Gasteiger partial charge in [0.1, 0.15) is 5.69 Å². The molecule has 0 saturated carbocycles. The van der Waals surface area contributed by atoms with Gasteiger partial charge in [0.15, 0.2) is 0 Å². The number of hydrogen-bond donors (Lipinski definition) is 2. The molecular formula is C18H23ClN4O3. The molecule has 8 heteroatoms. The van der Waals surface area contributed by atoms with Crippen LogP contribution in [0.1, 0.15) is 15.9 Å². The lowest BCUT2D eigenvalue weighted by atomic mass is 10.1. The van der Waals surface area contributed by atoms with Crippen molar-refractivity contribution in [1.82, 2.24) is 10.2 Å². The third-order valence-corrected chi connectivity index (χ3v) is 3.81. The van der Waals surface area contributed by atoms with Crippen LogP contribution in [0.3, 0.4) is 0 Å². The Balaban J connectivity index is 0.00000338. The van der Waals surface area contributed by atoms with Crippen molar-refractivity contribution in [3.05, 3.63) is 69.8 Å². The highest BCUT2D eigenvalue weighted by atomic mass is 35.5. The van der Waals surface area contributed by atoms with Gasteiger partial charge >= 0.3 is 0 Å². The van der Waals surface area contributed by atoms with Crippen molar-refractivity contribution in [2.24, 2.45) is 0 Å². The summed E-state index contributed by atoms with van der Waals surface area (Å²) >= 11 is 0. The third kappa shape index (κ3) is 5.72. The highest BCUT2D eigenvalue weighted by Crippen LogP contribution is 2.26. The molecule has 140 valence electrons. The number of anilines is 1. The Hall–Kier alpha value is -2.64. The second-order valence-electron chi connectivity index (χ2n) is 5.66. The molecule has 0 bridgehead atoms. The van der Waals surface area contributed by atoms with Crippen LogP contribution in [0.15, 0.2) is 48.5 Å². The van der Waals surface area contributed by atoms with E-state index in [1.54, 1.807) is 26.2 Å². The van der Waals surface area contributed by atoms with Gasteiger partial charge in [0.25, 0.3) is 11.6 Å². The van der Waals surface area contributed by atoms with E-state index in [1.807, 2.05) is 30.3 Å². The Kier molecular flexibility index (Phi) is 8.54. The first-order valence-electron chi connectivity index (χ1n) is 7.99. The summed E-state index contributed by atoms with van der Waals surface area (Å²) in [5.41, 5.74) is 1.60. The topological polar surface area (TPSA) is 87.5 Å². The van der Waals surface area contributed by atoms with Crippen LogP contribution in [-0.2, 0) is 6.54 Å². The molecule has 2 aromatic carbocycles. The minimum absolute atomic E-state index is 0. The van der Waals surface area contributed by atoms with Gasteiger partial charge < -0.3 is 15.5 Å². The maximum Gasteiger partial charge on any atom is 0.293 e. The van der Waals surface area contributed by atoms with Crippen LogP contribution in [0.5, 0.6) is 0 Å². The lowest BCUT2D eigenvalue weighted by Crippen LogP contribution is -2.32. The first-order chi connectivity index (χ1) is 12.0. The van der Waals surface area contributed by atoms with Gasteiger partial charge in [-0.2, -0.15) is 0 Å². The number of carbonyl (C=O) groups excluding carboxylic acids is 1. The van der Waals surface area contributed by atoms with Crippen molar-refractivity contribution in [2.75, 3.05) is 32.5 Å². The maximum atomic E-state index is 12.4. The number of nitrogens with zero attached hydrogens (tertiary/aromatic N) is 2. The molecule has 0 atom stereocenters. The summed E-state index contributed by atoms with van der Waals surface area (Å²) in [5, 5.41) is 17.4. The van der Waals surface area contributed by atoms with Gasteiger partial charge in [-0.3, -0.25) is 14.9 Å². The summed E-state index contributed by atoms with van der Waals surface area (Å²) in [6.07, 6.45) is 0. The molecule has 0 aromatic heterocycles. The van der Waals surface area contributed by atoms with E-state index >= 15 is 0 Å².